The average Bonchev–Trinajstić information content (AvgIpc) is 2.57. The van der Waals surface area contributed by atoms with Crippen molar-refractivity contribution in [1.29, 1.82) is 0 Å². The lowest BCUT2D eigenvalue weighted by atomic mass is 9.72. The van der Waals surface area contributed by atoms with E-state index in [1.54, 1.807) is 0 Å². The van der Waals surface area contributed by atoms with Crippen molar-refractivity contribution in [1.82, 2.24) is 4.90 Å². The Morgan fingerprint density at radius 2 is 2.00 bits per heavy atom. The molecular formula is C20H27NO2. The summed E-state index contributed by atoms with van der Waals surface area (Å²) in [7, 11) is 0. The molecule has 1 aromatic rings. The molecule has 1 heterocycles. The molecule has 2 unspecified atom stereocenters. The third-order valence-electron chi connectivity index (χ3n) is 5.55. The van der Waals surface area contributed by atoms with E-state index in [0.717, 1.165) is 12.0 Å². The Hall–Kier alpha value is -1.45. The highest BCUT2D eigenvalue weighted by Gasteiger charge is 2.51. The van der Waals surface area contributed by atoms with E-state index < -0.39 is 6.23 Å². The number of nitrogens with zero attached hydrogens (tertiary/aromatic N) is 1. The summed E-state index contributed by atoms with van der Waals surface area (Å²) >= 11 is 0. The molecule has 1 aliphatic heterocycles. The van der Waals surface area contributed by atoms with Gasteiger partial charge in [0, 0.05) is 23.6 Å². The van der Waals surface area contributed by atoms with Crippen LogP contribution in [-0.2, 0) is 4.74 Å². The number of carbonyl (C=O) groups excluding carboxylic acids is 1. The van der Waals surface area contributed by atoms with Gasteiger partial charge in [0.1, 0.15) is 0 Å². The third-order valence-corrected chi connectivity index (χ3v) is 5.55. The van der Waals surface area contributed by atoms with Crippen LogP contribution in [0.1, 0.15) is 49.9 Å². The lowest BCUT2D eigenvalue weighted by molar-refractivity contribution is -0.206. The van der Waals surface area contributed by atoms with Crippen LogP contribution in [0, 0.1) is 5.92 Å². The highest BCUT2D eigenvalue weighted by molar-refractivity contribution is 5.99. The van der Waals surface area contributed by atoms with Gasteiger partial charge in [-0.3, -0.25) is 9.69 Å². The Kier molecular flexibility index (Phi) is 4.69. The fraction of sp³-hybridized carbons (Fsp3) is 0.550. The number of ketones is 1. The Balaban J connectivity index is 1.93. The lowest BCUT2D eigenvalue weighted by Gasteiger charge is -2.56. The highest BCUT2D eigenvalue weighted by Crippen LogP contribution is 2.43. The van der Waals surface area contributed by atoms with Gasteiger partial charge in [-0.15, -0.1) is 6.58 Å². The molecule has 0 aromatic heterocycles. The summed E-state index contributed by atoms with van der Waals surface area (Å²) in [5, 5.41) is 0. The van der Waals surface area contributed by atoms with E-state index in [0.29, 0.717) is 12.5 Å². The fourth-order valence-corrected chi connectivity index (χ4v) is 4.24. The van der Waals surface area contributed by atoms with Gasteiger partial charge in [-0.1, -0.05) is 49.2 Å². The predicted molar refractivity (Wildman–Crippen MR) is 92.4 cm³/mol. The van der Waals surface area contributed by atoms with Gasteiger partial charge in [-0.2, -0.15) is 0 Å². The van der Waals surface area contributed by atoms with Gasteiger partial charge >= 0.3 is 0 Å². The van der Waals surface area contributed by atoms with Crippen LogP contribution >= 0.6 is 0 Å². The standard InChI is InChI=1S/C20H27NO2/c1-4-14-21-19(18(22)15-10-6-5-7-11-15)23-17-13-9-8-12-16(17)20(21,2)3/h4-7,10-11,16-17,19H,1,8-9,12-14H2,2-3H3/t16?,17?,19-/m0/s1. The molecule has 3 rings (SSSR count). The van der Waals surface area contributed by atoms with Gasteiger partial charge in [0.05, 0.1) is 6.10 Å². The molecule has 0 N–H and O–H groups in total. The van der Waals surface area contributed by atoms with Crippen molar-refractivity contribution < 1.29 is 9.53 Å². The highest BCUT2D eigenvalue weighted by atomic mass is 16.5. The summed E-state index contributed by atoms with van der Waals surface area (Å²) < 4.78 is 6.34. The molecule has 2 aliphatic rings. The zero-order valence-corrected chi connectivity index (χ0v) is 14.2. The molecule has 0 spiro atoms. The molecule has 3 atom stereocenters. The smallest absolute Gasteiger partial charge is 0.206 e. The van der Waals surface area contributed by atoms with Gasteiger partial charge in [-0.05, 0) is 26.7 Å². The van der Waals surface area contributed by atoms with Gasteiger partial charge in [-0.25, -0.2) is 0 Å². The van der Waals surface area contributed by atoms with Crippen molar-refractivity contribution in [2.24, 2.45) is 5.92 Å². The summed E-state index contributed by atoms with van der Waals surface area (Å²) in [6.45, 7) is 9.06. The SMILES string of the molecule is C=CCN1[C@H](C(=O)c2ccccc2)OC2CCCCC2C1(C)C. The maximum absolute atomic E-state index is 13.0. The molecule has 124 valence electrons. The van der Waals surface area contributed by atoms with Crippen LogP contribution < -0.4 is 0 Å². The maximum Gasteiger partial charge on any atom is 0.206 e. The van der Waals surface area contributed by atoms with E-state index in [4.69, 9.17) is 4.74 Å². The van der Waals surface area contributed by atoms with Gasteiger partial charge in [0.2, 0.25) is 5.78 Å². The second-order valence-electron chi connectivity index (χ2n) is 7.24. The van der Waals surface area contributed by atoms with Crippen LogP contribution in [0.25, 0.3) is 0 Å². The number of carbonyl (C=O) groups is 1. The van der Waals surface area contributed by atoms with Crippen LogP contribution in [0.2, 0.25) is 0 Å². The predicted octanol–water partition coefficient (Wildman–Crippen LogP) is 4.05. The average molecular weight is 313 g/mol. The summed E-state index contributed by atoms with van der Waals surface area (Å²) in [6.07, 6.45) is 6.26. The lowest BCUT2D eigenvalue weighted by Crippen LogP contribution is -2.66. The maximum atomic E-state index is 13.0. The minimum absolute atomic E-state index is 0.0598. The summed E-state index contributed by atoms with van der Waals surface area (Å²) in [5.74, 6) is 0.542. The normalized spacial score (nSPS) is 30.4. The molecule has 2 fully saturated rings. The molecule has 1 aliphatic carbocycles. The number of ether oxygens (including phenoxy) is 1. The first kappa shape index (κ1) is 16.4. The van der Waals surface area contributed by atoms with Gasteiger partial charge in [0.25, 0.3) is 0 Å². The zero-order valence-electron chi connectivity index (χ0n) is 14.2. The number of hydrogen-bond donors (Lipinski definition) is 0. The van der Waals surface area contributed by atoms with Crippen molar-refractivity contribution in [3.8, 4) is 0 Å². The van der Waals surface area contributed by atoms with E-state index in [2.05, 4.69) is 25.3 Å². The monoisotopic (exact) mass is 313 g/mol. The van der Waals surface area contributed by atoms with Crippen molar-refractivity contribution in [2.75, 3.05) is 6.54 Å². The van der Waals surface area contributed by atoms with Crippen LogP contribution in [0.4, 0.5) is 0 Å². The van der Waals surface area contributed by atoms with E-state index in [1.807, 2.05) is 36.4 Å². The first-order chi connectivity index (χ1) is 11.1. The van der Waals surface area contributed by atoms with Gasteiger partial charge in [0.15, 0.2) is 6.23 Å². The molecule has 1 saturated heterocycles. The molecule has 0 amide bonds. The first-order valence-electron chi connectivity index (χ1n) is 8.68. The van der Waals surface area contributed by atoms with E-state index in [9.17, 15) is 4.79 Å². The summed E-state index contributed by atoms with van der Waals surface area (Å²) in [6, 6.07) is 9.49. The Labute approximate surface area is 139 Å². The van der Waals surface area contributed by atoms with Crippen molar-refractivity contribution >= 4 is 5.78 Å². The fourth-order valence-electron chi connectivity index (χ4n) is 4.24. The molecule has 3 heteroatoms. The number of Topliss-reactive ketones (excluding diaryl/α,β-unsaturated/α-hetero) is 1. The quantitative estimate of drug-likeness (QED) is 0.620. The minimum Gasteiger partial charge on any atom is -0.352 e. The second-order valence-corrected chi connectivity index (χ2v) is 7.24. The zero-order chi connectivity index (χ0) is 16.4. The molecule has 3 nitrogen and oxygen atoms in total. The topological polar surface area (TPSA) is 29.5 Å². The summed E-state index contributed by atoms with van der Waals surface area (Å²) in [4.78, 5) is 15.2. The van der Waals surface area contributed by atoms with E-state index >= 15 is 0 Å². The van der Waals surface area contributed by atoms with Crippen LogP contribution in [0.3, 0.4) is 0 Å². The Bertz CT molecular complexity index is 566. The van der Waals surface area contributed by atoms with E-state index in [-0.39, 0.29) is 17.4 Å². The minimum atomic E-state index is -0.509. The van der Waals surface area contributed by atoms with Gasteiger partial charge < -0.3 is 4.74 Å². The van der Waals surface area contributed by atoms with Crippen LogP contribution in [0.15, 0.2) is 43.0 Å². The Morgan fingerprint density at radius 1 is 1.30 bits per heavy atom. The number of hydrogen-bond acceptors (Lipinski definition) is 3. The van der Waals surface area contributed by atoms with E-state index in [1.165, 1.54) is 19.3 Å². The number of benzene rings is 1. The third kappa shape index (κ3) is 3.00. The first-order valence-corrected chi connectivity index (χ1v) is 8.68. The van der Waals surface area contributed by atoms with Crippen molar-refractivity contribution in [3.05, 3.63) is 48.6 Å². The van der Waals surface area contributed by atoms with Crippen LogP contribution in [-0.4, -0.2) is 35.1 Å². The number of fused-ring (bicyclic) bond motifs is 1. The molecular weight excluding hydrogens is 286 g/mol. The summed E-state index contributed by atoms with van der Waals surface area (Å²) in [5.41, 5.74) is 0.656. The molecule has 1 aromatic carbocycles. The second kappa shape index (κ2) is 6.58. The Morgan fingerprint density at radius 3 is 2.70 bits per heavy atom. The van der Waals surface area contributed by atoms with Crippen molar-refractivity contribution in [2.45, 2.75) is 57.4 Å². The van der Waals surface area contributed by atoms with Crippen LogP contribution in [0.5, 0.6) is 0 Å². The van der Waals surface area contributed by atoms with Crippen molar-refractivity contribution in [3.63, 3.8) is 0 Å². The molecule has 23 heavy (non-hydrogen) atoms. The number of rotatable bonds is 4. The largest absolute Gasteiger partial charge is 0.352 e. The molecule has 1 saturated carbocycles. The molecule has 0 bridgehead atoms. The molecule has 0 radical (unpaired) electrons.